The summed E-state index contributed by atoms with van der Waals surface area (Å²) in [7, 11) is -2.96. The molecule has 0 spiro atoms. The molecule has 0 aromatic rings. The van der Waals surface area contributed by atoms with Crippen LogP contribution in [0.5, 0.6) is 0 Å². The fourth-order valence-corrected chi connectivity index (χ4v) is 2.88. The van der Waals surface area contributed by atoms with Crippen LogP contribution in [0, 0.1) is 0 Å². The van der Waals surface area contributed by atoms with Crippen LogP contribution in [-0.2, 0) is 10.0 Å². The molecule has 76 valence electrons. The maximum atomic E-state index is 11.4. The molecule has 0 aliphatic carbocycles. The number of hydrogen-bond acceptors (Lipinski definition) is 3. The number of sulfonamides is 1. The lowest BCUT2D eigenvalue weighted by Crippen LogP contribution is -2.37. The monoisotopic (exact) mass is 204 g/mol. The standard InChI is InChI=1S/C8H16N2O2S/c9-5-1-2-6-10-7-3-4-8-13(10,11)12/h1-2H,3-9H2/b2-1+. The summed E-state index contributed by atoms with van der Waals surface area (Å²) in [6.45, 7) is 1.59. The Morgan fingerprint density at radius 1 is 1.31 bits per heavy atom. The molecule has 0 aromatic carbocycles. The van der Waals surface area contributed by atoms with Crippen molar-refractivity contribution in [2.24, 2.45) is 5.73 Å². The molecule has 2 N–H and O–H groups in total. The zero-order valence-electron chi connectivity index (χ0n) is 7.65. The second-order valence-corrected chi connectivity index (χ2v) is 5.18. The van der Waals surface area contributed by atoms with Gasteiger partial charge in [-0.05, 0) is 12.8 Å². The van der Waals surface area contributed by atoms with Crippen molar-refractivity contribution in [3.05, 3.63) is 12.2 Å². The zero-order valence-corrected chi connectivity index (χ0v) is 8.46. The van der Waals surface area contributed by atoms with Crippen molar-refractivity contribution in [1.29, 1.82) is 0 Å². The third-order valence-electron chi connectivity index (χ3n) is 2.06. The minimum atomic E-state index is -2.96. The van der Waals surface area contributed by atoms with Crippen LogP contribution < -0.4 is 5.73 Å². The van der Waals surface area contributed by atoms with E-state index in [1.165, 1.54) is 4.31 Å². The van der Waals surface area contributed by atoms with E-state index in [9.17, 15) is 8.42 Å². The first-order valence-corrected chi connectivity index (χ1v) is 6.10. The van der Waals surface area contributed by atoms with Gasteiger partial charge in [-0.2, -0.15) is 4.31 Å². The van der Waals surface area contributed by atoms with Crippen molar-refractivity contribution in [1.82, 2.24) is 4.31 Å². The normalized spacial score (nSPS) is 23.8. The second kappa shape index (κ2) is 4.74. The van der Waals surface area contributed by atoms with Crippen LogP contribution >= 0.6 is 0 Å². The fraction of sp³-hybridized carbons (Fsp3) is 0.750. The zero-order chi connectivity index (χ0) is 9.73. The van der Waals surface area contributed by atoms with Crippen molar-refractivity contribution in [2.75, 3.05) is 25.4 Å². The summed E-state index contributed by atoms with van der Waals surface area (Å²) in [4.78, 5) is 0. The van der Waals surface area contributed by atoms with Crippen molar-refractivity contribution in [3.8, 4) is 0 Å². The Balaban J connectivity index is 2.52. The predicted octanol–water partition coefficient (Wildman–Crippen LogP) is -0.0731. The molecule has 0 aromatic heterocycles. The smallest absolute Gasteiger partial charge is 0.214 e. The number of hydrogen-bond donors (Lipinski definition) is 1. The molecule has 0 radical (unpaired) electrons. The topological polar surface area (TPSA) is 63.4 Å². The lowest BCUT2D eigenvalue weighted by atomic mass is 10.3. The summed E-state index contributed by atoms with van der Waals surface area (Å²) >= 11 is 0. The van der Waals surface area contributed by atoms with Crippen molar-refractivity contribution in [3.63, 3.8) is 0 Å². The first kappa shape index (κ1) is 10.7. The molecule has 1 rings (SSSR count). The highest BCUT2D eigenvalue weighted by Gasteiger charge is 2.23. The van der Waals surface area contributed by atoms with Crippen LogP contribution in [0.15, 0.2) is 12.2 Å². The molecule has 0 atom stereocenters. The van der Waals surface area contributed by atoms with E-state index in [4.69, 9.17) is 5.73 Å². The molecular weight excluding hydrogens is 188 g/mol. The van der Waals surface area contributed by atoms with Gasteiger partial charge in [-0.15, -0.1) is 0 Å². The predicted molar refractivity (Wildman–Crippen MR) is 52.8 cm³/mol. The van der Waals surface area contributed by atoms with Crippen molar-refractivity contribution < 1.29 is 8.42 Å². The molecular formula is C8H16N2O2S. The molecule has 5 heteroatoms. The number of nitrogens with zero attached hydrogens (tertiary/aromatic N) is 1. The van der Waals surface area contributed by atoms with Gasteiger partial charge in [0.15, 0.2) is 0 Å². The van der Waals surface area contributed by atoms with Gasteiger partial charge in [-0.3, -0.25) is 0 Å². The molecule has 1 saturated heterocycles. The van der Waals surface area contributed by atoms with Gasteiger partial charge in [0.25, 0.3) is 0 Å². The highest BCUT2D eigenvalue weighted by molar-refractivity contribution is 7.89. The fourth-order valence-electron chi connectivity index (χ4n) is 1.33. The van der Waals surface area contributed by atoms with Gasteiger partial charge in [0.05, 0.1) is 5.75 Å². The second-order valence-electron chi connectivity index (χ2n) is 3.09. The van der Waals surface area contributed by atoms with Crippen molar-refractivity contribution >= 4 is 10.0 Å². The highest BCUT2D eigenvalue weighted by Crippen LogP contribution is 2.12. The Bertz CT molecular complexity index is 272. The minimum Gasteiger partial charge on any atom is -0.327 e. The Morgan fingerprint density at radius 3 is 2.69 bits per heavy atom. The Kier molecular flexibility index (Phi) is 3.90. The molecule has 1 heterocycles. The summed E-state index contributed by atoms with van der Waals surface area (Å²) in [5.74, 6) is 0.295. The van der Waals surface area contributed by atoms with Crippen LogP contribution in [0.3, 0.4) is 0 Å². The van der Waals surface area contributed by atoms with Gasteiger partial charge in [-0.1, -0.05) is 12.2 Å². The van der Waals surface area contributed by atoms with Crippen LogP contribution in [0.4, 0.5) is 0 Å². The highest BCUT2D eigenvalue weighted by atomic mass is 32.2. The molecule has 0 bridgehead atoms. The van der Waals surface area contributed by atoms with Crippen LogP contribution in [0.1, 0.15) is 12.8 Å². The summed E-state index contributed by atoms with van der Waals surface area (Å²) in [6, 6.07) is 0. The number of nitrogens with two attached hydrogens (primary N) is 1. The largest absolute Gasteiger partial charge is 0.327 e. The van der Waals surface area contributed by atoms with Gasteiger partial charge in [0.2, 0.25) is 10.0 Å². The Morgan fingerprint density at radius 2 is 2.08 bits per heavy atom. The summed E-state index contributed by atoms with van der Waals surface area (Å²) in [5.41, 5.74) is 5.26. The van der Waals surface area contributed by atoms with E-state index in [0.29, 0.717) is 25.4 Å². The van der Waals surface area contributed by atoms with E-state index >= 15 is 0 Å². The SMILES string of the molecule is NC/C=C/CN1CCCCS1(=O)=O. The maximum Gasteiger partial charge on any atom is 0.214 e. The van der Waals surface area contributed by atoms with Gasteiger partial charge in [-0.25, -0.2) is 8.42 Å². The third kappa shape index (κ3) is 3.10. The maximum absolute atomic E-state index is 11.4. The van der Waals surface area contributed by atoms with E-state index in [1.54, 1.807) is 6.08 Å². The van der Waals surface area contributed by atoms with Crippen molar-refractivity contribution in [2.45, 2.75) is 12.8 Å². The summed E-state index contributed by atoms with van der Waals surface area (Å²) < 4.78 is 24.4. The first-order valence-electron chi connectivity index (χ1n) is 4.50. The molecule has 1 aliphatic heterocycles. The summed E-state index contributed by atoms with van der Waals surface area (Å²) in [6.07, 6.45) is 5.35. The molecule has 13 heavy (non-hydrogen) atoms. The molecule has 0 saturated carbocycles. The molecule has 0 unspecified atom stereocenters. The minimum absolute atomic E-state index is 0.295. The van der Waals surface area contributed by atoms with Gasteiger partial charge >= 0.3 is 0 Å². The van der Waals surface area contributed by atoms with Gasteiger partial charge in [0.1, 0.15) is 0 Å². The van der Waals surface area contributed by atoms with Crippen LogP contribution in [0.2, 0.25) is 0 Å². The molecule has 4 nitrogen and oxygen atoms in total. The first-order chi connectivity index (χ1) is 6.17. The molecule has 1 fully saturated rings. The third-order valence-corrected chi connectivity index (χ3v) is 3.99. The van der Waals surface area contributed by atoms with E-state index in [0.717, 1.165) is 12.8 Å². The van der Waals surface area contributed by atoms with E-state index in [2.05, 4.69) is 0 Å². The Labute approximate surface area is 79.5 Å². The van der Waals surface area contributed by atoms with Gasteiger partial charge in [0, 0.05) is 19.6 Å². The van der Waals surface area contributed by atoms with E-state index in [-0.39, 0.29) is 0 Å². The number of rotatable bonds is 3. The quantitative estimate of drug-likeness (QED) is 0.654. The molecule has 0 amide bonds. The average Bonchev–Trinajstić information content (AvgIpc) is 2.08. The molecule has 1 aliphatic rings. The average molecular weight is 204 g/mol. The van der Waals surface area contributed by atoms with Crippen LogP contribution in [-0.4, -0.2) is 38.1 Å². The van der Waals surface area contributed by atoms with E-state index < -0.39 is 10.0 Å². The van der Waals surface area contributed by atoms with E-state index in [1.807, 2.05) is 6.08 Å². The lowest BCUT2D eigenvalue weighted by molar-refractivity contribution is 0.410. The summed E-state index contributed by atoms with van der Waals surface area (Å²) in [5, 5.41) is 0. The van der Waals surface area contributed by atoms with Crippen LogP contribution in [0.25, 0.3) is 0 Å². The van der Waals surface area contributed by atoms with Gasteiger partial charge < -0.3 is 5.73 Å². The Hall–Kier alpha value is -0.390. The lowest BCUT2D eigenvalue weighted by Gasteiger charge is -2.24.